The van der Waals surface area contributed by atoms with E-state index in [0.29, 0.717) is 6.61 Å². The summed E-state index contributed by atoms with van der Waals surface area (Å²) in [7, 11) is 1.65. The molecule has 4 nitrogen and oxygen atoms in total. The van der Waals surface area contributed by atoms with Gasteiger partial charge in [-0.05, 0) is 17.0 Å². The van der Waals surface area contributed by atoms with Gasteiger partial charge < -0.3 is 9.84 Å². The zero-order valence-electron chi connectivity index (χ0n) is 11.9. The van der Waals surface area contributed by atoms with Crippen molar-refractivity contribution >= 4 is 17.3 Å². The minimum atomic E-state index is -0.815. The van der Waals surface area contributed by atoms with E-state index in [-0.39, 0.29) is 18.5 Å². The molecule has 0 aliphatic rings. The van der Waals surface area contributed by atoms with Crippen LogP contribution in [0.4, 0.5) is 0 Å². The molecule has 0 saturated carbocycles. The van der Waals surface area contributed by atoms with Crippen molar-refractivity contribution in [2.75, 3.05) is 13.7 Å². The zero-order valence-corrected chi connectivity index (χ0v) is 12.7. The highest BCUT2D eigenvalue weighted by Gasteiger charge is 2.21. The molecule has 112 valence electrons. The Labute approximate surface area is 128 Å². The second-order valence-electron chi connectivity index (χ2n) is 4.75. The van der Waals surface area contributed by atoms with Crippen molar-refractivity contribution in [2.45, 2.75) is 18.5 Å². The number of carboxylic acid groups (broad SMARTS) is 1. The topological polar surface area (TPSA) is 58.6 Å². The van der Waals surface area contributed by atoms with Crippen molar-refractivity contribution in [3.8, 4) is 0 Å². The molecule has 0 fully saturated rings. The molecule has 2 unspecified atom stereocenters. The molecule has 0 aliphatic carbocycles. The van der Waals surface area contributed by atoms with E-state index in [1.165, 1.54) is 0 Å². The number of thiophene rings is 1. The predicted molar refractivity (Wildman–Crippen MR) is 83.5 cm³/mol. The van der Waals surface area contributed by atoms with Crippen molar-refractivity contribution in [3.05, 3.63) is 58.3 Å². The summed E-state index contributed by atoms with van der Waals surface area (Å²) in [5.41, 5.74) is 1.09. The summed E-state index contributed by atoms with van der Waals surface area (Å²) in [5.74, 6) is -0.815. The average Bonchev–Trinajstić information content (AvgIpc) is 3.00. The standard InChI is InChI=1S/C16H19NO3S/c1-20-11-14(12-6-3-2-4-7-12)17-13(10-16(18)19)15-8-5-9-21-15/h2-9,13-14,17H,10-11H2,1H3,(H,18,19). The van der Waals surface area contributed by atoms with Gasteiger partial charge in [0.2, 0.25) is 0 Å². The van der Waals surface area contributed by atoms with E-state index in [0.717, 1.165) is 10.4 Å². The normalized spacial score (nSPS) is 13.8. The van der Waals surface area contributed by atoms with Gasteiger partial charge in [-0.1, -0.05) is 36.4 Å². The number of rotatable bonds is 8. The van der Waals surface area contributed by atoms with E-state index in [9.17, 15) is 4.79 Å². The Morgan fingerprint density at radius 3 is 2.57 bits per heavy atom. The Balaban J connectivity index is 2.17. The maximum atomic E-state index is 11.1. The van der Waals surface area contributed by atoms with Gasteiger partial charge >= 0.3 is 5.97 Å². The van der Waals surface area contributed by atoms with Crippen LogP contribution in [0, 0.1) is 0 Å². The van der Waals surface area contributed by atoms with Gasteiger partial charge in [-0.15, -0.1) is 11.3 Å². The molecular weight excluding hydrogens is 286 g/mol. The molecule has 21 heavy (non-hydrogen) atoms. The fraction of sp³-hybridized carbons (Fsp3) is 0.312. The Hall–Kier alpha value is -1.69. The van der Waals surface area contributed by atoms with Crippen LogP contribution in [0.15, 0.2) is 47.8 Å². The van der Waals surface area contributed by atoms with Crippen LogP contribution in [0.3, 0.4) is 0 Å². The lowest BCUT2D eigenvalue weighted by Crippen LogP contribution is -2.30. The highest BCUT2D eigenvalue weighted by molar-refractivity contribution is 7.10. The van der Waals surface area contributed by atoms with Crippen LogP contribution < -0.4 is 5.32 Å². The maximum absolute atomic E-state index is 11.1. The van der Waals surface area contributed by atoms with Gasteiger partial charge in [-0.2, -0.15) is 0 Å². The van der Waals surface area contributed by atoms with E-state index < -0.39 is 5.97 Å². The SMILES string of the molecule is COCC(NC(CC(=O)O)c1cccs1)c1ccccc1. The smallest absolute Gasteiger partial charge is 0.305 e. The molecule has 1 aromatic heterocycles. The molecule has 2 aromatic rings. The van der Waals surface area contributed by atoms with Crippen LogP contribution in [-0.2, 0) is 9.53 Å². The molecular formula is C16H19NO3S. The lowest BCUT2D eigenvalue weighted by Gasteiger charge is -2.24. The van der Waals surface area contributed by atoms with Gasteiger partial charge in [0.05, 0.1) is 25.1 Å². The summed E-state index contributed by atoms with van der Waals surface area (Å²) in [6, 6.07) is 13.6. The zero-order chi connectivity index (χ0) is 15.1. The van der Waals surface area contributed by atoms with Crippen molar-refractivity contribution in [3.63, 3.8) is 0 Å². The van der Waals surface area contributed by atoms with Gasteiger partial charge in [-0.25, -0.2) is 0 Å². The molecule has 5 heteroatoms. The largest absolute Gasteiger partial charge is 0.481 e. The van der Waals surface area contributed by atoms with Crippen LogP contribution >= 0.6 is 11.3 Å². The summed E-state index contributed by atoms with van der Waals surface area (Å²) >= 11 is 1.56. The molecule has 2 atom stereocenters. The summed E-state index contributed by atoms with van der Waals surface area (Å²) in [6.45, 7) is 0.492. The molecule has 0 spiro atoms. The monoisotopic (exact) mass is 305 g/mol. The summed E-state index contributed by atoms with van der Waals surface area (Å²) in [4.78, 5) is 12.1. The Morgan fingerprint density at radius 2 is 2.00 bits per heavy atom. The molecule has 2 N–H and O–H groups in total. The lowest BCUT2D eigenvalue weighted by molar-refractivity contribution is -0.137. The molecule has 0 radical (unpaired) electrons. The third-order valence-electron chi connectivity index (χ3n) is 3.20. The van der Waals surface area contributed by atoms with Crippen molar-refractivity contribution < 1.29 is 14.6 Å². The number of ether oxygens (including phenoxy) is 1. The predicted octanol–water partition coefficient (Wildman–Crippen LogP) is 3.24. The summed E-state index contributed by atoms with van der Waals surface area (Å²) in [5, 5.41) is 14.5. The van der Waals surface area contributed by atoms with E-state index in [2.05, 4.69) is 5.32 Å². The van der Waals surface area contributed by atoms with Crippen molar-refractivity contribution in [1.29, 1.82) is 0 Å². The number of hydrogen-bond donors (Lipinski definition) is 2. The first kappa shape index (κ1) is 15.7. The second-order valence-corrected chi connectivity index (χ2v) is 5.73. The molecule has 2 rings (SSSR count). The van der Waals surface area contributed by atoms with Gasteiger partial charge in [-0.3, -0.25) is 10.1 Å². The first-order valence-corrected chi connectivity index (χ1v) is 7.63. The van der Waals surface area contributed by atoms with Crippen LogP contribution in [0.5, 0.6) is 0 Å². The van der Waals surface area contributed by atoms with Gasteiger partial charge in [0, 0.05) is 12.0 Å². The third-order valence-corrected chi connectivity index (χ3v) is 4.19. The summed E-state index contributed by atoms with van der Waals surface area (Å²) in [6.07, 6.45) is 0.0492. The fourth-order valence-corrected chi connectivity index (χ4v) is 3.03. The van der Waals surface area contributed by atoms with Gasteiger partial charge in [0.25, 0.3) is 0 Å². The first-order valence-electron chi connectivity index (χ1n) is 6.76. The third kappa shape index (κ3) is 4.67. The van der Waals surface area contributed by atoms with Crippen LogP contribution in [0.2, 0.25) is 0 Å². The highest BCUT2D eigenvalue weighted by atomic mass is 32.1. The summed E-state index contributed by atoms with van der Waals surface area (Å²) < 4.78 is 5.28. The molecule has 0 saturated heterocycles. The Bertz CT molecular complexity index is 542. The van der Waals surface area contributed by atoms with E-state index in [4.69, 9.17) is 9.84 Å². The number of benzene rings is 1. The number of aliphatic carboxylic acids is 1. The van der Waals surface area contributed by atoms with E-state index in [1.54, 1.807) is 18.4 Å². The van der Waals surface area contributed by atoms with Gasteiger partial charge in [0.1, 0.15) is 0 Å². The molecule has 1 aromatic carbocycles. The van der Waals surface area contributed by atoms with Crippen LogP contribution in [-0.4, -0.2) is 24.8 Å². The fourth-order valence-electron chi connectivity index (χ4n) is 2.24. The lowest BCUT2D eigenvalue weighted by atomic mass is 10.0. The van der Waals surface area contributed by atoms with E-state index >= 15 is 0 Å². The molecule has 0 aliphatic heterocycles. The highest BCUT2D eigenvalue weighted by Crippen LogP contribution is 2.26. The minimum absolute atomic E-state index is 0.0392. The average molecular weight is 305 g/mol. The van der Waals surface area contributed by atoms with E-state index in [1.807, 2.05) is 47.8 Å². The number of carbonyl (C=O) groups is 1. The second kappa shape index (κ2) is 7.93. The number of nitrogens with one attached hydrogen (secondary N) is 1. The van der Waals surface area contributed by atoms with Crippen LogP contribution in [0.25, 0.3) is 0 Å². The quantitative estimate of drug-likeness (QED) is 0.786. The number of methoxy groups -OCH3 is 1. The minimum Gasteiger partial charge on any atom is -0.481 e. The number of carboxylic acids is 1. The van der Waals surface area contributed by atoms with Crippen molar-refractivity contribution in [1.82, 2.24) is 5.32 Å². The molecule has 0 amide bonds. The number of hydrogen-bond acceptors (Lipinski definition) is 4. The molecule has 0 bridgehead atoms. The maximum Gasteiger partial charge on any atom is 0.305 e. The van der Waals surface area contributed by atoms with Gasteiger partial charge in [0.15, 0.2) is 0 Å². The van der Waals surface area contributed by atoms with Crippen molar-refractivity contribution in [2.24, 2.45) is 0 Å². The molecule has 1 heterocycles. The Kier molecular flexibility index (Phi) is 5.92. The Morgan fingerprint density at radius 1 is 1.24 bits per heavy atom. The first-order chi connectivity index (χ1) is 10.2. The van der Waals surface area contributed by atoms with Crippen LogP contribution in [0.1, 0.15) is 28.9 Å².